The average Bonchev–Trinajstić information content (AvgIpc) is 2.85. The highest BCUT2D eigenvalue weighted by molar-refractivity contribution is 7.92. The van der Waals surface area contributed by atoms with E-state index in [1.807, 2.05) is 0 Å². The smallest absolute Gasteiger partial charge is 0.278 e. The van der Waals surface area contributed by atoms with Gasteiger partial charge in [0.1, 0.15) is 11.9 Å². The summed E-state index contributed by atoms with van der Waals surface area (Å²) in [7, 11) is -3.81. The standard InChI is InChI=1S/C10H7FN4O2S/c11-9-2-1-8(5-7(9)6-12)15-18(16,17)10-3-4-13-14-10/h1-5,15H,(H,13,14). The first kappa shape index (κ1) is 12.1. The maximum Gasteiger partial charge on any atom is 0.278 e. The highest BCUT2D eigenvalue weighted by atomic mass is 32.2. The van der Waals surface area contributed by atoms with Crippen LogP contribution in [0.4, 0.5) is 10.1 Å². The molecule has 0 spiro atoms. The van der Waals surface area contributed by atoms with Crippen LogP contribution >= 0.6 is 0 Å². The van der Waals surface area contributed by atoms with Gasteiger partial charge in [0, 0.05) is 0 Å². The van der Waals surface area contributed by atoms with E-state index in [1.165, 1.54) is 18.3 Å². The molecule has 8 heteroatoms. The summed E-state index contributed by atoms with van der Waals surface area (Å²) in [5, 5.41) is 14.3. The second kappa shape index (κ2) is 4.46. The number of rotatable bonds is 3. The number of anilines is 1. The third-order valence-electron chi connectivity index (χ3n) is 2.10. The van der Waals surface area contributed by atoms with Gasteiger partial charge < -0.3 is 0 Å². The molecule has 0 unspecified atom stereocenters. The van der Waals surface area contributed by atoms with Crippen LogP contribution in [0.15, 0.2) is 35.5 Å². The third kappa shape index (κ3) is 2.31. The highest BCUT2D eigenvalue weighted by Crippen LogP contribution is 2.17. The van der Waals surface area contributed by atoms with E-state index in [4.69, 9.17) is 5.26 Å². The van der Waals surface area contributed by atoms with Crippen molar-refractivity contribution in [2.75, 3.05) is 4.72 Å². The molecular formula is C10H7FN4O2S. The first-order valence-corrected chi connectivity index (χ1v) is 6.23. The van der Waals surface area contributed by atoms with Gasteiger partial charge in [0.15, 0.2) is 5.03 Å². The fourth-order valence-corrected chi connectivity index (χ4v) is 2.24. The molecule has 2 rings (SSSR count). The number of hydrogen-bond acceptors (Lipinski definition) is 4. The van der Waals surface area contributed by atoms with Gasteiger partial charge in [0.2, 0.25) is 0 Å². The SMILES string of the molecule is N#Cc1cc(NS(=O)(=O)c2ccn[nH]2)ccc1F. The van der Waals surface area contributed by atoms with E-state index >= 15 is 0 Å². The van der Waals surface area contributed by atoms with E-state index in [1.54, 1.807) is 6.07 Å². The Labute approximate surface area is 102 Å². The number of nitriles is 1. The van der Waals surface area contributed by atoms with E-state index in [9.17, 15) is 12.8 Å². The van der Waals surface area contributed by atoms with Crippen LogP contribution < -0.4 is 4.72 Å². The van der Waals surface area contributed by atoms with Gasteiger partial charge in [-0.3, -0.25) is 9.82 Å². The van der Waals surface area contributed by atoms with Crippen LogP contribution in [0.5, 0.6) is 0 Å². The number of benzene rings is 1. The Morgan fingerprint density at radius 2 is 2.17 bits per heavy atom. The summed E-state index contributed by atoms with van der Waals surface area (Å²) in [6.07, 6.45) is 1.29. The summed E-state index contributed by atoms with van der Waals surface area (Å²) in [6.45, 7) is 0. The molecule has 0 saturated carbocycles. The molecule has 0 aliphatic heterocycles. The van der Waals surface area contributed by atoms with Crippen molar-refractivity contribution < 1.29 is 12.8 Å². The highest BCUT2D eigenvalue weighted by Gasteiger charge is 2.16. The lowest BCUT2D eigenvalue weighted by molar-refractivity contribution is 0.597. The Hall–Kier alpha value is -2.40. The Kier molecular flexibility index (Phi) is 2.99. The summed E-state index contributed by atoms with van der Waals surface area (Å²) in [5.74, 6) is -0.706. The molecule has 0 radical (unpaired) electrons. The third-order valence-corrected chi connectivity index (χ3v) is 3.41. The predicted molar refractivity (Wildman–Crippen MR) is 60.5 cm³/mol. The zero-order chi connectivity index (χ0) is 13.2. The van der Waals surface area contributed by atoms with Gasteiger partial charge in [0.05, 0.1) is 17.4 Å². The van der Waals surface area contributed by atoms with Crippen molar-refractivity contribution in [2.24, 2.45) is 0 Å². The molecule has 2 N–H and O–H groups in total. The van der Waals surface area contributed by atoms with Crippen LogP contribution in [0.25, 0.3) is 0 Å². The van der Waals surface area contributed by atoms with Crippen molar-refractivity contribution >= 4 is 15.7 Å². The molecule has 1 aromatic heterocycles. The second-order valence-corrected chi connectivity index (χ2v) is 4.98. The fraction of sp³-hybridized carbons (Fsp3) is 0. The molecule has 0 fully saturated rings. The number of aromatic nitrogens is 2. The quantitative estimate of drug-likeness (QED) is 0.872. The van der Waals surface area contributed by atoms with Crippen molar-refractivity contribution in [1.29, 1.82) is 5.26 Å². The molecule has 0 saturated heterocycles. The molecule has 18 heavy (non-hydrogen) atoms. The number of H-pyrrole nitrogens is 1. The van der Waals surface area contributed by atoms with Gasteiger partial charge in [-0.15, -0.1) is 0 Å². The Balaban J connectivity index is 2.34. The number of nitrogens with zero attached hydrogens (tertiary/aromatic N) is 2. The molecule has 0 atom stereocenters. The van der Waals surface area contributed by atoms with Crippen molar-refractivity contribution in [3.8, 4) is 6.07 Å². The van der Waals surface area contributed by atoms with Gasteiger partial charge in [-0.1, -0.05) is 0 Å². The second-order valence-electron chi connectivity index (χ2n) is 3.33. The molecule has 0 bridgehead atoms. The molecule has 6 nitrogen and oxygen atoms in total. The van der Waals surface area contributed by atoms with E-state index in [2.05, 4.69) is 14.9 Å². The Morgan fingerprint density at radius 3 is 2.78 bits per heavy atom. The van der Waals surface area contributed by atoms with E-state index in [-0.39, 0.29) is 16.3 Å². The number of nitrogens with one attached hydrogen (secondary N) is 2. The van der Waals surface area contributed by atoms with Crippen molar-refractivity contribution in [1.82, 2.24) is 10.2 Å². The predicted octanol–water partition coefficient (Wildman–Crippen LogP) is 1.22. The Bertz CT molecular complexity index is 704. The topological polar surface area (TPSA) is 98.6 Å². The van der Waals surface area contributed by atoms with Crippen LogP contribution in [0.1, 0.15) is 5.56 Å². The summed E-state index contributed by atoms with van der Waals surface area (Å²) < 4.78 is 38.8. The lowest BCUT2D eigenvalue weighted by Gasteiger charge is -2.06. The fourth-order valence-electron chi connectivity index (χ4n) is 1.28. The molecule has 92 valence electrons. The molecule has 2 aromatic rings. The number of halogens is 1. The van der Waals surface area contributed by atoms with E-state index < -0.39 is 15.8 Å². The van der Waals surface area contributed by atoms with Crippen molar-refractivity contribution in [3.63, 3.8) is 0 Å². The van der Waals surface area contributed by atoms with Gasteiger partial charge in [-0.25, -0.2) is 4.39 Å². The monoisotopic (exact) mass is 266 g/mol. The van der Waals surface area contributed by atoms with Crippen LogP contribution in [-0.2, 0) is 10.0 Å². The normalized spacial score (nSPS) is 10.9. The van der Waals surface area contributed by atoms with Gasteiger partial charge >= 0.3 is 0 Å². The molecule has 1 aromatic carbocycles. The summed E-state index contributed by atoms with van der Waals surface area (Å²) >= 11 is 0. The maximum absolute atomic E-state index is 13.1. The lowest BCUT2D eigenvalue weighted by Crippen LogP contribution is -2.13. The number of aromatic amines is 1. The van der Waals surface area contributed by atoms with Gasteiger partial charge in [-0.2, -0.15) is 18.8 Å². The molecular weight excluding hydrogens is 259 g/mol. The minimum absolute atomic E-state index is 0.0996. The number of sulfonamides is 1. The van der Waals surface area contributed by atoms with Crippen LogP contribution in [0.3, 0.4) is 0 Å². The van der Waals surface area contributed by atoms with Crippen LogP contribution in [0.2, 0.25) is 0 Å². The zero-order valence-corrected chi connectivity index (χ0v) is 9.70. The van der Waals surface area contributed by atoms with Crippen molar-refractivity contribution in [3.05, 3.63) is 41.8 Å². The first-order chi connectivity index (χ1) is 8.53. The van der Waals surface area contributed by atoms with E-state index in [0.717, 1.165) is 12.1 Å². The van der Waals surface area contributed by atoms with Gasteiger partial charge in [-0.05, 0) is 24.3 Å². The lowest BCUT2D eigenvalue weighted by atomic mass is 10.2. The van der Waals surface area contributed by atoms with E-state index in [0.29, 0.717) is 0 Å². The molecule has 0 amide bonds. The Morgan fingerprint density at radius 1 is 1.39 bits per heavy atom. The minimum atomic E-state index is -3.81. The largest absolute Gasteiger partial charge is 0.278 e. The minimum Gasteiger partial charge on any atom is -0.278 e. The van der Waals surface area contributed by atoms with Crippen LogP contribution in [-0.4, -0.2) is 18.6 Å². The van der Waals surface area contributed by atoms with Crippen LogP contribution in [0, 0.1) is 17.1 Å². The maximum atomic E-state index is 13.1. The average molecular weight is 266 g/mol. The zero-order valence-electron chi connectivity index (χ0n) is 8.88. The summed E-state index contributed by atoms with van der Waals surface area (Å²) in [4.78, 5) is 0. The number of hydrogen-bond donors (Lipinski definition) is 2. The summed E-state index contributed by atoms with van der Waals surface area (Å²) in [5.41, 5.74) is -0.137. The summed E-state index contributed by atoms with van der Waals surface area (Å²) in [6, 6.07) is 6.26. The first-order valence-electron chi connectivity index (χ1n) is 4.75. The molecule has 1 heterocycles. The van der Waals surface area contributed by atoms with Crippen molar-refractivity contribution in [2.45, 2.75) is 5.03 Å². The molecule has 0 aliphatic carbocycles. The molecule has 0 aliphatic rings. The van der Waals surface area contributed by atoms with Gasteiger partial charge in [0.25, 0.3) is 10.0 Å².